The standard InChI is InChI=1S/C8H13NO3.ClH/c1-12-8(11)6(9)4-7(10)5-2-3-5;/h5-6H,2-4,9H2,1H3;1H. The second-order valence-corrected chi connectivity index (χ2v) is 3.07. The number of halogens is 1. The fraction of sp³-hybridized carbons (Fsp3) is 0.750. The van der Waals surface area contributed by atoms with Crippen molar-refractivity contribution in [3.63, 3.8) is 0 Å². The molecule has 1 fully saturated rings. The van der Waals surface area contributed by atoms with E-state index in [1.807, 2.05) is 0 Å². The van der Waals surface area contributed by atoms with Crippen LogP contribution in [0.25, 0.3) is 0 Å². The van der Waals surface area contributed by atoms with Gasteiger partial charge in [0.25, 0.3) is 0 Å². The van der Waals surface area contributed by atoms with Gasteiger partial charge in [0.1, 0.15) is 11.8 Å². The molecule has 1 rings (SSSR count). The zero-order valence-corrected chi connectivity index (χ0v) is 8.30. The van der Waals surface area contributed by atoms with Gasteiger partial charge >= 0.3 is 5.97 Å². The summed E-state index contributed by atoms with van der Waals surface area (Å²) in [7, 11) is 1.27. The lowest BCUT2D eigenvalue weighted by Gasteiger charge is -2.06. The maximum absolute atomic E-state index is 11.1. The van der Waals surface area contributed by atoms with Crippen molar-refractivity contribution in [3.05, 3.63) is 0 Å². The monoisotopic (exact) mass is 207 g/mol. The molecule has 1 aliphatic carbocycles. The Morgan fingerprint density at radius 3 is 2.46 bits per heavy atom. The Morgan fingerprint density at radius 1 is 1.54 bits per heavy atom. The zero-order valence-electron chi connectivity index (χ0n) is 7.49. The van der Waals surface area contributed by atoms with Gasteiger partial charge in [0, 0.05) is 12.3 Å². The van der Waals surface area contributed by atoms with Gasteiger partial charge in [-0.25, -0.2) is 0 Å². The number of ketones is 1. The summed E-state index contributed by atoms with van der Waals surface area (Å²) in [6.07, 6.45) is 2.02. The average molecular weight is 208 g/mol. The van der Waals surface area contributed by atoms with Gasteiger partial charge in [-0.3, -0.25) is 9.59 Å². The third-order valence-electron chi connectivity index (χ3n) is 1.96. The molecule has 0 saturated heterocycles. The van der Waals surface area contributed by atoms with E-state index in [1.165, 1.54) is 7.11 Å². The summed E-state index contributed by atoms with van der Waals surface area (Å²) in [5.41, 5.74) is 5.40. The van der Waals surface area contributed by atoms with Crippen molar-refractivity contribution in [3.8, 4) is 0 Å². The van der Waals surface area contributed by atoms with E-state index < -0.39 is 12.0 Å². The van der Waals surface area contributed by atoms with Crippen LogP contribution >= 0.6 is 12.4 Å². The Morgan fingerprint density at radius 2 is 2.08 bits per heavy atom. The Kier molecular flexibility index (Phi) is 4.95. The number of nitrogens with two attached hydrogens (primary N) is 1. The van der Waals surface area contributed by atoms with Gasteiger partial charge in [-0.2, -0.15) is 0 Å². The van der Waals surface area contributed by atoms with Crippen LogP contribution in [0.3, 0.4) is 0 Å². The molecule has 5 heteroatoms. The van der Waals surface area contributed by atoms with Crippen LogP contribution in [-0.2, 0) is 14.3 Å². The fourth-order valence-corrected chi connectivity index (χ4v) is 1.02. The quantitative estimate of drug-likeness (QED) is 0.673. The molecular weight excluding hydrogens is 194 g/mol. The van der Waals surface area contributed by atoms with E-state index in [-0.39, 0.29) is 30.5 Å². The zero-order chi connectivity index (χ0) is 9.14. The lowest BCUT2D eigenvalue weighted by molar-refractivity contribution is -0.143. The number of esters is 1. The van der Waals surface area contributed by atoms with Crippen molar-refractivity contribution in [1.82, 2.24) is 0 Å². The normalized spacial score (nSPS) is 17.1. The molecule has 76 valence electrons. The first-order chi connectivity index (χ1) is 5.65. The molecule has 0 amide bonds. The number of carbonyl (C=O) groups is 2. The predicted octanol–water partition coefficient (Wildman–Crippen LogP) is 0.278. The van der Waals surface area contributed by atoms with Gasteiger partial charge in [0.2, 0.25) is 0 Å². The third-order valence-corrected chi connectivity index (χ3v) is 1.96. The Balaban J connectivity index is 0.00000144. The number of Topliss-reactive ketones (excluding diaryl/α,β-unsaturated/α-hetero) is 1. The molecule has 0 aliphatic heterocycles. The van der Waals surface area contributed by atoms with E-state index in [1.54, 1.807) is 0 Å². The van der Waals surface area contributed by atoms with Gasteiger partial charge in [0.15, 0.2) is 0 Å². The van der Waals surface area contributed by atoms with Crippen molar-refractivity contribution in [2.75, 3.05) is 7.11 Å². The molecule has 2 N–H and O–H groups in total. The number of carbonyl (C=O) groups excluding carboxylic acids is 2. The molecule has 0 heterocycles. The van der Waals surface area contributed by atoms with Crippen molar-refractivity contribution in [2.24, 2.45) is 11.7 Å². The maximum Gasteiger partial charge on any atom is 0.323 e. The minimum Gasteiger partial charge on any atom is -0.468 e. The van der Waals surface area contributed by atoms with Crippen LogP contribution in [0.4, 0.5) is 0 Å². The second kappa shape index (κ2) is 5.19. The summed E-state index contributed by atoms with van der Waals surface area (Å²) in [6.45, 7) is 0. The van der Waals surface area contributed by atoms with Crippen LogP contribution in [0.1, 0.15) is 19.3 Å². The molecule has 0 radical (unpaired) electrons. The molecule has 4 nitrogen and oxygen atoms in total. The molecule has 0 bridgehead atoms. The summed E-state index contributed by atoms with van der Waals surface area (Å²) in [5.74, 6) is -0.252. The summed E-state index contributed by atoms with van der Waals surface area (Å²) >= 11 is 0. The van der Waals surface area contributed by atoms with E-state index in [4.69, 9.17) is 5.73 Å². The van der Waals surface area contributed by atoms with Crippen molar-refractivity contribution < 1.29 is 14.3 Å². The Labute approximate surface area is 83.2 Å². The minimum absolute atomic E-state index is 0. The smallest absolute Gasteiger partial charge is 0.323 e. The first-order valence-electron chi connectivity index (χ1n) is 4.01. The largest absolute Gasteiger partial charge is 0.468 e. The fourth-order valence-electron chi connectivity index (χ4n) is 1.02. The van der Waals surface area contributed by atoms with Gasteiger partial charge in [-0.15, -0.1) is 12.4 Å². The molecule has 1 aliphatic rings. The number of hydrogen-bond donors (Lipinski definition) is 1. The number of methoxy groups -OCH3 is 1. The molecule has 1 atom stereocenters. The molecule has 13 heavy (non-hydrogen) atoms. The van der Waals surface area contributed by atoms with Crippen LogP contribution in [0.5, 0.6) is 0 Å². The van der Waals surface area contributed by atoms with Gasteiger partial charge in [-0.1, -0.05) is 0 Å². The van der Waals surface area contributed by atoms with Crippen molar-refractivity contribution in [1.29, 1.82) is 0 Å². The molecule has 0 aromatic rings. The predicted molar refractivity (Wildman–Crippen MR) is 49.6 cm³/mol. The van der Waals surface area contributed by atoms with Crippen LogP contribution in [-0.4, -0.2) is 24.9 Å². The van der Waals surface area contributed by atoms with E-state index >= 15 is 0 Å². The summed E-state index contributed by atoms with van der Waals surface area (Å²) in [6, 6.07) is -0.775. The SMILES string of the molecule is COC(=O)C(N)CC(=O)C1CC1.Cl. The summed E-state index contributed by atoms with van der Waals surface area (Å²) in [4.78, 5) is 21.9. The number of hydrogen-bond acceptors (Lipinski definition) is 4. The molecule has 0 aromatic carbocycles. The molecule has 1 saturated carbocycles. The second-order valence-electron chi connectivity index (χ2n) is 3.07. The first kappa shape index (κ1) is 12.4. The van der Waals surface area contributed by atoms with Crippen LogP contribution in [0.15, 0.2) is 0 Å². The van der Waals surface area contributed by atoms with Crippen LogP contribution in [0, 0.1) is 5.92 Å². The number of ether oxygens (including phenoxy) is 1. The summed E-state index contributed by atoms with van der Waals surface area (Å²) < 4.78 is 4.40. The highest BCUT2D eigenvalue weighted by molar-refractivity contribution is 5.88. The van der Waals surface area contributed by atoms with Crippen LogP contribution < -0.4 is 5.73 Å². The molecule has 0 spiro atoms. The topological polar surface area (TPSA) is 69.4 Å². The van der Waals surface area contributed by atoms with Crippen LogP contribution in [0.2, 0.25) is 0 Å². The highest BCUT2D eigenvalue weighted by Gasteiger charge is 2.31. The lowest BCUT2D eigenvalue weighted by atomic mass is 10.1. The molecule has 0 aromatic heterocycles. The molecular formula is C8H14ClNO3. The minimum atomic E-state index is -0.775. The first-order valence-corrected chi connectivity index (χ1v) is 4.01. The van der Waals surface area contributed by atoms with E-state index in [2.05, 4.69) is 4.74 Å². The van der Waals surface area contributed by atoms with Gasteiger partial charge < -0.3 is 10.5 Å². The summed E-state index contributed by atoms with van der Waals surface area (Å²) in [5, 5.41) is 0. The van der Waals surface area contributed by atoms with E-state index in [9.17, 15) is 9.59 Å². The average Bonchev–Trinajstić information content (AvgIpc) is 2.84. The van der Waals surface area contributed by atoms with E-state index in [0.29, 0.717) is 0 Å². The Hall–Kier alpha value is -0.610. The maximum atomic E-state index is 11.1. The lowest BCUT2D eigenvalue weighted by Crippen LogP contribution is -2.34. The van der Waals surface area contributed by atoms with Crippen molar-refractivity contribution >= 4 is 24.2 Å². The Bertz CT molecular complexity index is 204. The number of rotatable bonds is 4. The third kappa shape index (κ3) is 3.74. The van der Waals surface area contributed by atoms with Gasteiger partial charge in [0.05, 0.1) is 7.11 Å². The van der Waals surface area contributed by atoms with E-state index in [0.717, 1.165) is 12.8 Å². The van der Waals surface area contributed by atoms with Gasteiger partial charge in [-0.05, 0) is 12.8 Å². The highest BCUT2D eigenvalue weighted by atomic mass is 35.5. The molecule has 1 unspecified atom stereocenters. The van der Waals surface area contributed by atoms with Crippen molar-refractivity contribution in [2.45, 2.75) is 25.3 Å². The highest BCUT2D eigenvalue weighted by Crippen LogP contribution is 2.31.